The summed E-state index contributed by atoms with van der Waals surface area (Å²) in [6.45, 7) is 6.56. The molecule has 0 aliphatic carbocycles. The number of methoxy groups -OCH3 is 1. The summed E-state index contributed by atoms with van der Waals surface area (Å²) in [7, 11) is 1.72. The van der Waals surface area contributed by atoms with Crippen molar-refractivity contribution in [1.82, 2.24) is 4.98 Å². The monoisotopic (exact) mass is 243 g/mol. The van der Waals surface area contributed by atoms with Crippen molar-refractivity contribution in [1.29, 1.82) is 0 Å². The van der Waals surface area contributed by atoms with Crippen LogP contribution < -0.4 is 10.6 Å². The molecule has 0 saturated heterocycles. The van der Waals surface area contributed by atoms with Gasteiger partial charge in [-0.1, -0.05) is 6.92 Å². The zero-order valence-electron chi connectivity index (χ0n) is 10.3. The summed E-state index contributed by atoms with van der Waals surface area (Å²) in [6.07, 6.45) is 2.96. The predicted octanol–water partition coefficient (Wildman–Crippen LogP) is 1.85. The fourth-order valence-corrected chi connectivity index (χ4v) is 2.36. The summed E-state index contributed by atoms with van der Waals surface area (Å²) in [5.74, 6) is 0. The topological polar surface area (TPSA) is 51.4 Å². The van der Waals surface area contributed by atoms with Crippen molar-refractivity contribution in [2.45, 2.75) is 32.9 Å². The van der Waals surface area contributed by atoms with Gasteiger partial charge in [0, 0.05) is 37.3 Å². The van der Waals surface area contributed by atoms with Crippen molar-refractivity contribution >= 4 is 16.5 Å². The number of hydrogen-bond donors (Lipinski definition) is 1. The Morgan fingerprint density at radius 3 is 2.88 bits per heavy atom. The number of aromatic nitrogens is 1. The molecule has 0 bridgehead atoms. The zero-order chi connectivity index (χ0) is 12.0. The lowest BCUT2D eigenvalue weighted by molar-refractivity contribution is 0.203. The van der Waals surface area contributed by atoms with E-state index in [2.05, 4.69) is 23.7 Å². The number of anilines is 1. The average Bonchev–Trinajstić information content (AvgIpc) is 2.77. The van der Waals surface area contributed by atoms with Crippen LogP contribution in [0, 0.1) is 0 Å². The highest BCUT2D eigenvalue weighted by atomic mass is 32.1. The van der Waals surface area contributed by atoms with E-state index in [0.717, 1.165) is 29.6 Å². The Morgan fingerprint density at radius 1 is 1.62 bits per heavy atom. The van der Waals surface area contributed by atoms with Gasteiger partial charge in [-0.15, -0.1) is 11.3 Å². The van der Waals surface area contributed by atoms with Gasteiger partial charge in [0.05, 0.1) is 6.61 Å². The molecule has 0 radical (unpaired) electrons. The van der Waals surface area contributed by atoms with Gasteiger partial charge < -0.3 is 15.4 Å². The highest BCUT2D eigenvalue weighted by Crippen LogP contribution is 2.24. The standard InChI is InChI=1S/C11H21N3OS/c1-4-9(2)14(5-6-15-3)11-13-8-10(7-12)16-11/h8-9H,4-7,12H2,1-3H3. The lowest BCUT2D eigenvalue weighted by atomic mass is 10.2. The molecule has 2 N–H and O–H groups in total. The van der Waals surface area contributed by atoms with Crippen molar-refractivity contribution in [3.8, 4) is 0 Å². The van der Waals surface area contributed by atoms with E-state index in [1.165, 1.54) is 0 Å². The van der Waals surface area contributed by atoms with Crippen LogP contribution in [0.15, 0.2) is 6.20 Å². The average molecular weight is 243 g/mol. The van der Waals surface area contributed by atoms with Crippen molar-refractivity contribution in [2.75, 3.05) is 25.2 Å². The first-order valence-electron chi connectivity index (χ1n) is 5.63. The van der Waals surface area contributed by atoms with Gasteiger partial charge in [-0.25, -0.2) is 4.98 Å². The summed E-state index contributed by atoms with van der Waals surface area (Å²) < 4.78 is 5.13. The van der Waals surface area contributed by atoms with Gasteiger partial charge in [0.2, 0.25) is 0 Å². The van der Waals surface area contributed by atoms with Gasteiger partial charge in [-0.2, -0.15) is 0 Å². The molecule has 1 unspecified atom stereocenters. The Labute approximate surface area is 101 Å². The third-order valence-corrected chi connectivity index (χ3v) is 3.70. The lowest BCUT2D eigenvalue weighted by Crippen LogP contribution is -2.35. The number of rotatable bonds is 7. The van der Waals surface area contributed by atoms with E-state index in [0.29, 0.717) is 12.6 Å². The fraction of sp³-hybridized carbons (Fsp3) is 0.727. The van der Waals surface area contributed by atoms with E-state index in [4.69, 9.17) is 10.5 Å². The molecule has 92 valence electrons. The summed E-state index contributed by atoms with van der Waals surface area (Å²) >= 11 is 1.67. The number of nitrogens with zero attached hydrogens (tertiary/aromatic N) is 2. The first-order chi connectivity index (χ1) is 7.72. The molecule has 1 aromatic heterocycles. The fourth-order valence-electron chi connectivity index (χ4n) is 1.44. The molecule has 0 fully saturated rings. The van der Waals surface area contributed by atoms with Gasteiger partial charge in [0.1, 0.15) is 0 Å². The molecular formula is C11H21N3OS. The number of nitrogens with two attached hydrogens (primary N) is 1. The first kappa shape index (κ1) is 13.4. The molecule has 1 aromatic rings. The summed E-state index contributed by atoms with van der Waals surface area (Å²) in [4.78, 5) is 7.83. The molecular weight excluding hydrogens is 222 g/mol. The van der Waals surface area contributed by atoms with Crippen LogP contribution in [0.4, 0.5) is 5.13 Å². The smallest absolute Gasteiger partial charge is 0.185 e. The quantitative estimate of drug-likeness (QED) is 0.794. The second-order valence-electron chi connectivity index (χ2n) is 3.76. The first-order valence-corrected chi connectivity index (χ1v) is 6.44. The Bertz CT molecular complexity index is 303. The summed E-state index contributed by atoms with van der Waals surface area (Å²) in [5.41, 5.74) is 5.60. The molecule has 5 heteroatoms. The Kier molecular flexibility index (Phi) is 5.73. The Hall–Kier alpha value is -0.650. The number of ether oxygens (including phenoxy) is 1. The molecule has 0 aliphatic heterocycles. The molecule has 1 heterocycles. The van der Waals surface area contributed by atoms with Crippen molar-refractivity contribution in [3.63, 3.8) is 0 Å². The number of thiazole rings is 1. The minimum atomic E-state index is 0.479. The highest BCUT2D eigenvalue weighted by Gasteiger charge is 2.15. The van der Waals surface area contributed by atoms with E-state index in [-0.39, 0.29) is 0 Å². The largest absolute Gasteiger partial charge is 0.383 e. The van der Waals surface area contributed by atoms with Gasteiger partial charge in [0.15, 0.2) is 5.13 Å². The van der Waals surface area contributed by atoms with Crippen LogP contribution >= 0.6 is 11.3 Å². The van der Waals surface area contributed by atoms with Crippen LogP contribution in [-0.4, -0.2) is 31.3 Å². The van der Waals surface area contributed by atoms with Crippen LogP contribution in [0.3, 0.4) is 0 Å². The molecule has 0 amide bonds. The molecule has 1 rings (SSSR count). The van der Waals surface area contributed by atoms with E-state index >= 15 is 0 Å². The van der Waals surface area contributed by atoms with Gasteiger partial charge in [0.25, 0.3) is 0 Å². The maximum Gasteiger partial charge on any atom is 0.185 e. The van der Waals surface area contributed by atoms with Gasteiger partial charge >= 0.3 is 0 Å². The third kappa shape index (κ3) is 3.43. The van der Waals surface area contributed by atoms with Gasteiger partial charge in [-0.3, -0.25) is 0 Å². The van der Waals surface area contributed by atoms with Crippen LogP contribution in [0.25, 0.3) is 0 Å². The molecule has 0 spiro atoms. The van der Waals surface area contributed by atoms with Crippen molar-refractivity contribution < 1.29 is 4.74 Å². The predicted molar refractivity (Wildman–Crippen MR) is 69.0 cm³/mol. The summed E-state index contributed by atoms with van der Waals surface area (Å²) in [5, 5.41) is 1.05. The SMILES string of the molecule is CCC(C)N(CCOC)c1ncc(CN)s1. The summed E-state index contributed by atoms with van der Waals surface area (Å²) in [6, 6.07) is 0.479. The van der Waals surface area contributed by atoms with Crippen LogP contribution in [0.2, 0.25) is 0 Å². The van der Waals surface area contributed by atoms with Gasteiger partial charge in [-0.05, 0) is 13.3 Å². The third-order valence-electron chi connectivity index (χ3n) is 2.65. The normalized spacial score (nSPS) is 12.8. The molecule has 4 nitrogen and oxygen atoms in total. The molecule has 1 atom stereocenters. The molecule has 0 aromatic carbocycles. The molecule has 16 heavy (non-hydrogen) atoms. The van der Waals surface area contributed by atoms with Crippen LogP contribution in [-0.2, 0) is 11.3 Å². The zero-order valence-corrected chi connectivity index (χ0v) is 11.1. The van der Waals surface area contributed by atoms with E-state index < -0.39 is 0 Å². The minimum Gasteiger partial charge on any atom is -0.383 e. The van der Waals surface area contributed by atoms with Crippen LogP contribution in [0.5, 0.6) is 0 Å². The molecule has 0 aliphatic rings. The Morgan fingerprint density at radius 2 is 2.38 bits per heavy atom. The maximum absolute atomic E-state index is 5.60. The second kappa shape index (κ2) is 6.83. The second-order valence-corrected chi connectivity index (χ2v) is 4.85. The molecule has 0 saturated carbocycles. The van der Waals surface area contributed by atoms with E-state index in [1.54, 1.807) is 18.4 Å². The van der Waals surface area contributed by atoms with E-state index in [1.807, 2.05) is 6.20 Å². The highest BCUT2D eigenvalue weighted by molar-refractivity contribution is 7.15. The number of hydrogen-bond acceptors (Lipinski definition) is 5. The van der Waals surface area contributed by atoms with E-state index in [9.17, 15) is 0 Å². The van der Waals surface area contributed by atoms with Crippen molar-refractivity contribution in [2.24, 2.45) is 5.73 Å². The minimum absolute atomic E-state index is 0.479. The van der Waals surface area contributed by atoms with Crippen LogP contribution in [0.1, 0.15) is 25.1 Å². The Balaban J connectivity index is 2.74. The lowest BCUT2D eigenvalue weighted by Gasteiger charge is -2.27. The maximum atomic E-state index is 5.60. The van der Waals surface area contributed by atoms with Crippen molar-refractivity contribution in [3.05, 3.63) is 11.1 Å².